The topological polar surface area (TPSA) is 98.2 Å². The first-order valence-electron chi connectivity index (χ1n) is 11.1. The molecule has 2 heterocycles. The van der Waals surface area contributed by atoms with Crippen LogP contribution >= 0.6 is 0 Å². The molecule has 1 saturated heterocycles. The van der Waals surface area contributed by atoms with Gasteiger partial charge in [-0.25, -0.2) is 0 Å². The number of methoxy groups -OCH3 is 1. The number of carbonyl (C=O) groups is 2. The quantitative estimate of drug-likeness (QED) is 0.239. The number of aliphatic hydroxyl groups is 1. The number of hydrogen-bond donors (Lipinski definition) is 1. The average Bonchev–Trinajstić information content (AvgIpc) is 3.08. The van der Waals surface area contributed by atoms with E-state index in [9.17, 15) is 14.7 Å². The van der Waals surface area contributed by atoms with Crippen molar-refractivity contribution in [2.24, 2.45) is 0 Å². The van der Waals surface area contributed by atoms with Gasteiger partial charge in [-0.15, -0.1) is 0 Å². The summed E-state index contributed by atoms with van der Waals surface area (Å²) in [5, 5.41) is 11.0. The Morgan fingerprint density at radius 2 is 1.82 bits per heavy atom. The van der Waals surface area contributed by atoms with Crippen molar-refractivity contribution in [3.63, 3.8) is 0 Å². The molecule has 0 saturated carbocycles. The Morgan fingerprint density at radius 3 is 2.48 bits per heavy atom. The van der Waals surface area contributed by atoms with Gasteiger partial charge in [0.1, 0.15) is 5.76 Å². The first-order valence-corrected chi connectivity index (χ1v) is 11.1. The average molecular weight is 455 g/mol. The molecule has 1 aliphatic rings. The Labute approximate surface area is 193 Å². The van der Waals surface area contributed by atoms with Crippen LogP contribution in [-0.4, -0.2) is 60.2 Å². The van der Waals surface area contributed by atoms with Gasteiger partial charge < -0.3 is 24.2 Å². The number of amides is 1. The van der Waals surface area contributed by atoms with Crippen molar-refractivity contribution in [3.05, 3.63) is 59.4 Å². The molecule has 176 valence electrons. The van der Waals surface area contributed by atoms with Gasteiger partial charge in [0, 0.05) is 31.6 Å². The SMILES string of the molecule is CCCCOc1ccc(C2/C(=C(\O)c3ccncc3)C(=O)C(=O)N2CCOC)cc1OCC. The normalized spacial score (nSPS) is 17.4. The predicted molar refractivity (Wildman–Crippen MR) is 123 cm³/mol. The van der Waals surface area contributed by atoms with Crippen LogP contribution in [0.3, 0.4) is 0 Å². The van der Waals surface area contributed by atoms with Crippen LogP contribution in [0, 0.1) is 0 Å². The summed E-state index contributed by atoms with van der Waals surface area (Å²) in [7, 11) is 1.53. The highest BCUT2D eigenvalue weighted by atomic mass is 16.5. The first kappa shape index (κ1) is 24.3. The molecule has 8 nitrogen and oxygen atoms in total. The van der Waals surface area contributed by atoms with Crippen molar-refractivity contribution in [2.75, 3.05) is 33.5 Å². The molecule has 3 rings (SSSR count). The van der Waals surface area contributed by atoms with Gasteiger partial charge in [0.2, 0.25) is 0 Å². The monoisotopic (exact) mass is 454 g/mol. The predicted octanol–water partition coefficient (Wildman–Crippen LogP) is 3.73. The van der Waals surface area contributed by atoms with E-state index in [1.165, 1.54) is 24.4 Å². The zero-order valence-electron chi connectivity index (χ0n) is 19.2. The molecule has 0 bridgehead atoms. The number of pyridine rings is 1. The number of rotatable bonds is 11. The Hall–Kier alpha value is -3.39. The molecular weight excluding hydrogens is 424 g/mol. The Morgan fingerprint density at radius 1 is 1.06 bits per heavy atom. The molecule has 1 fully saturated rings. The smallest absolute Gasteiger partial charge is 0.295 e. The molecule has 8 heteroatoms. The summed E-state index contributed by atoms with van der Waals surface area (Å²) < 4.78 is 16.8. The molecule has 2 aromatic rings. The number of unbranched alkanes of at least 4 members (excludes halogenated alkanes) is 1. The number of aromatic nitrogens is 1. The van der Waals surface area contributed by atoms with Gasteiger partial charge >= 0.3 is 0 Å². The maximum absolute atomic E-state index is 13.0. The molecule has 1 aromatic carbocycles. The highest BCUT2D eigenvalue weighted by Gasteiger charge is 2.46. The standard InChI is InChI=1S/C25H30N2O6/c1-4-6-14-33-19-8-7-18(16-20(19)32-5-2)22-21(23(28)17-9-11-26-12-10-17)24(29)25(30)27(22)13-15-31-3/h7-12,16,22,28H,4-6,13-15H2,1-3H3/b23-21+. The van der Waals surface area contributed by atoms with Gasteiger partial charge in [-0.1, -0.05) is 19.4 Å². The summed E-state index contributed by atoms with van der Waals surface area (Å²) in [5.74, 6) is -0.563. The molecule has 1 aliphatic heterocycles. The van der Waals surface area contributed by atoms with Crippen LogP contribution < -0.4 is 9.47 Å². The summed E-state index contributed by atoms with van der Waals surface area (Å²) in [4.78, 5) is 31.3. The lowest BCUT2D eigenvalue weighted by atomic mass is 9.95. The fourth-order valence-electron chi connectivity index (χ4n) is 3.72. The van der Waals surface area contributed by atoms with Gasteiger partial charge in [-0.05, 0) is 43.2 Å². The number of ketones is 1. The maximum atomic E-state index is 13.0. The molecule has 1 aromatic heterocycles. The van der Waals surface area contributed by atoms with Gasteiger partial charge in [-0.2, -0.15) is 0 Å². The van der Waals surface area contributed by atoms with E-state index in [-0.39, 0.29) is 24.5 Å². The van der Waals surface area contributed by atoms with Gasteiger partial charge in [0.05, 0.1) is 31.4 Å². The Bertz CT molecular complexity index is 1010. The highest BCUT2D eigenvalue weighted by Crippen LogP contribution is 2.41. The van der Waals surface area contributed by atoms with Crippen LogP contribution in [0.15, 0.2) is 48.3 Å². The molecule has 0 radical (unpaired) electrons. The lowest BCUT2D eigenvalue weighted by molar-refractivity contribution is -0.140. The van der Waals surface area contributed by atoms with Crippen LogP contribution in [0.1, 0.15) is 43.9 Å². The Kier molecular flexibility index (Phi) is 8.43. The number of aliphatic hydroxyl groups excluding tert-OH is 1. The minimum absolute atomic E-state index is 0.0180. The third kappa shape index (κ3) is 5.34. The van der Waals surface area contributed by atoms with Crippen molar-refractivity contribution in [1.29, 1.82) is 0 Å². The summed E-state index contributed by atoms with van der Waals surface area (Å²) >= 11 is 0. The van der Waals surface area contributed by atoms with Crippen LogP contribution in [0.2, 0.25) is 0 Å². The third-order valence-electron chi connectivity index (χ3n) is 5.37. The molecule has 1 unspecified atom stereocenters. The number of nitrogens with zero attached hydrogens (tertiary/aromatic N) is 2. The van der Waals surface area contributed by atoms with Crippen molar-refractivity contribution in [3.8, 4) is 11.5 Å². The summed E-state index contributed by atoms with van der Waals surface area (Å²) in [6.45, 7) is 5.38. The number of ether oxygens (including phenoxy) is 3. The lowest BCUT2D eigenvalue weighted by Gasteiger charge is -2.26. The van der Waals surface area contributed by atoms with Crippen LogP contribution in [0.4, 0.5) is 0 Å². The van der Waals surface area contributed by atoms with Crippen LogP contribution in [0.5, 0.6) is 11.5 Å². The van der Waals surface area contributed by atoms with E-state index in [0.717, 1.165) is 12.8 Å². The van der Waals surface area contributed by atoms with E-state index in [1.807, 2.05) is 6.92 Å². The molecule has 33 heavy (non-hydrogen) atoms. The lowest BCUT2D eigenvalue weighted by Crippen LogP contribution is -2.32. The molecular formula is C25H30N2O6. The minimum atomic E-state index is -0.794. The fourth-order valence-corrected chi connectivity index (χ4v) is 3.72. The number of carbonyl (C=O) groups excluding carboxylic acids is 2. The second-order valence-corrected chi connectivity index (χ2v) is 7.56. The maximum Gasteiger partial charge on any atom is 0.295 e. The molecule has 0 spiro atoms. The van der Waals surface area contributed by atoms with E-state index in [2.05, 4.69) is 11.9 Å². The van der Waals surface area contributed by atoms with Crippen molar-refractivity contribution < 1.29 is 28.9 Å². The van der Waals surface area contributed by atoms with Gasteiger partial charge in [-0.3, -0.25) is 14.6 Å². The van der Waals surface area contributed by atoms with Gasteiger partial charge in [0.25, 0.3) is 11.7 Å². The second-order valence-electron chi connectivity index (χ2n) is 7.56. The van der Waals surface area contributed by atoms with E-state index in [1.54, 1.807) is 30.3 Å². The molecule has 1 atom stereocenters. The summed E-state index contributed by atoms with van der Waals surface area (Å²) in [5.41, 5.74) is 1.06. The Balaban J connectivity index is 2.10. The van der Waals surface area contributed by atoms with Crippen molar-refractivity contribution >= 4 is 17.4 Å². The highest BCUT2D eigenvalue weighted by molar-refractivity contribution is 6.46. The summed E-state index contributed by atoms with van der Waals surface area (Å²) in [6.07, 6.45) is 4.95. The number of Topliss-reactive ketones (excluding diaryl/α,β-unsaturated/α-hetero) is 1. The first-order chi connectivity index (χ1) is 16.0. The van der Waals surface area contributed by atoms with E-state index in [4.69, 9.17) is 14.2 Å². The third-order valence-corrected chi connectivity index (χ3v) is 5.37. The van der Waals surface area contributed by atoms with Gasteiger partial charge in [0.15, 0.2) is 11.5 Å². The van der Waals surface area contributed by atoms with Crippen molar-refractivity contribution in [2.45, 2.75) is 32.7 Å². The largest absolute Gasteiger partial charge is 0.507 e. The zero-order chi connectivity index (χ0) is 23.8. The number of hydrogen-bond acceptors (Lipinski definition) is 7. The van der Waals surface area contributed by atoms with E-state index in [0.29, 0.717) is 35.8 Å². The zero-order valence-corrected chi connectivity index (χ0v) is 19.2. The fraction of sp³-hybridized carbons (Fsp3) is 0.400. The number of likely N-dealkylation sites (tertiary alicyclic amines) is 1. The summed E-state index contributed by atoms with van der Waals surface area (Å²) in [6, 6.07) is 7.72. The molecule has 0 aliphatic carbocycles. The molecule has 1 N–H and O–H groups in total. The van der Waals surface area contributed by atoms with E-state index >= 15 is 0 Å². The van der Waals surface area contributed by atoms with Crippen LogP contribution in [0.25, 0.3) is 5.76 Å². The van der Waals surface area contributed by atoms with Crippen LogP contribution in [-0.2, 0) is 14.3 Å². The van der Waals surface area contributed by atoms with Crippen molar-refractivity contribution in [1.82, 2.24) is 9.88 Å². The minimum Gasteiger partial charge on any atom is -0.507 e. The van der Waals surface area contributed by atoms with E-state index < -0.39 is 17.7 Å². The second kappa shape index (κ2) is 11.5. The molecule has 1 amide bonds. The number of benzene rings is 1.